The van der Waals surface area contributed by atoms with Crippen LogP contribution in [0.2, 0.25) is 0 Å². The fraction of sp³-hybridized carbons (Fsp3) is 0.750. The smallest absolute Gasteiger partial charge is 0.0418 e. The van der Waals surface area contributed by atoms with Gasteiger partial charge in [-0.15, -0.1) is 0 Å². The summed E-state index contributed by atoms with van der Waals surface area (Å²) in [5.74, 6) is 0. The molecule has 10 heavy (non-hydrogen) atoms. The molecule has 0 saturated carbocycles. The first-order chi connectivity index (χ1) is 4.46. The van der Waals surface area contributed by atoms with Crippen molar-refractivity contribution >= 4 is 0 Å². The van der Waals surface area contributed by atoms with Crippen molar-refractivity contribution in [3.05, 3.63) is 12.2 Å². The number of likely N-dealkylation sites (N-methyl/N-ethyl adjacent to an activating group) is 1. The fourth-order valence-corrected chi connectivity index (χ4v) is 0.665. The molecular formula is C8H18N2. The van der Waals surface area contributed by atoms with E-state index in [2.05, 4.69) is 30.6 Å². The number of hydrazine groups is 1. The molecule has 2 nitrogen and oxygen atoms in total. The summed E-state index contributed by atoms with van der Waals surface area (Å²) >= 11 is 0. The maximum absolute atomic E-state index is 3.89. The van der Waals surface area contributed by atoms with E-state index >= 15 is 0 Å². The van der Waals surface area contributed by atoms with Gasteiger partial charge in [0.05, 0.1) is 0 Å². The van der Waals surface area contributed by atoms with E-state index in [1.807, 2.05) is 21.0 Å². The van der Waals surface area contributed by atoms with Crippen LogP contribution in [0.3, 0.4) is 0 Å². The van der Waals surface area contributed by atoms with Crippen LogP contribution >= 0.6 is 0 Å². The molecule has 1 unspecified atom stereocenters. The third-order valence-electron chi connectivity index (χ3n) is 1.90. The molecule has 0 N–H and O–H groups in total. The van der Waals surface area contributed by atoms with Gasteiger partial charge in [0.2, 0.25) is 0 Å². The van der Waals surface area contributed by atoms with Crippen molar-refractivity contribution in [2.75, 3.05) is 21.1 Å². The van der Waals surface area contributed by atoms with Crippen LogP contribution < -0.4 is 0 Å². The van der Waals surface area contributed by atoms with Crippen molar-refractivity contribution in [3.63, 3.8) is 0 Å². The zero-order valence-electron chi connectivity index (χ0n) is 7.68. The zero-order chi connectivity index (χ0) is 8.31. The molecule has 0 amide bonds. The van der Waals surface area contributed by atoms with Gasteiger partial charge in [-0.25, -0.2) is 10.0 Å². The minimum absolute atomic E-state index is 0.426. The van der Waals surface area contributed by atoms with Crippen LogP contribution in [0.25, 0.3) is 0 Å². The van der Waals surface area contributed by atoms with Gasteiger partial charge in [0.15, 0.2) is 0 Å². The first-order valence-electron chi connectivity index (χ1n) is 3.52. The van der Waals surface area contributed by atoms with E-state index in [1.54, 1.807) is 0 Å². The van der Waals surface area contributed by atoms with E-state index in [9.17, 15) is 0 Å². The maximum Gasteiger partial charge on any atom is 0.0418 e. The van der Waals surface area contributed by atoms with Crippen LogP contribution in [0.15, 0.2) is 12.2 Å². The Kier molecular flexibility index (Phi) is 3.61. The van der Waals surface area contributed by atoms with Crippen LogP contribution in [0.5, 0.6) is 0 Å². The summed E-state index contributed by atoms with van der Waals surface area (Å²) in [6.07, 6.45) is 0. The van der Waals surface area contributed by atoms with Gasteiger partial charge in [0.25, 0.3) is 0 Å². The van der Waals surface area contributed by atoms with Crippen LogP contribution in [0.1, 0.15) is 13.8 Å². The summed E-state index contributed by atoms with van der Waals surface area (Å²) in [5.41, 5.74) is 1.19. The lowest BCUT2D eigenvalue weighted by Crippen LogP contribution is -2.40. The van der Waals surface area contributed by atoms with Gasteiger partial charge >= 0.3 is 0 Å². The Hall–Kier alpha value is -0.340. The summed E-state index contributed by atoms with van der Waals surface area (Å²) in [6.45, 7) is 8.08. The molecule has 0 spiro atoms. The number of nitrogens with zero attached hydrogens (tertiary/aromatic N) is 2. The topological polar surface area (TPSA) is 6.48 Å². The Morgan fingerprint density at radius 1 is 1.30 bits per heavy atom. The predicted molar refractivity (Wildman–Crippen MR) is 45.7 cm³/mol. The SMILES string of the molecule is C=C(C)C(C)N(C)N(C)C. The van der Waals surface area contributed by atoms with E-state index < -0.39 is 0 Å². The van der Waals surface area contributed by atoms with Crippen LogP contribution in [-0.2, 0) is 0 Å². The van der Waals surface area contributed by atoms with E-state index in [0.717, 1.165) is 0 Å². The molecule has 0 saturated heterocycles. The lowest BCUT2D eigenvalue weighted by atomic mass is 10.2. The molecule has 0 rings (SSSR count). The molecule has 0 bridgehead atoms. The van der Waals surface area contributed by atoms with E-state index in [-0.39, 0.29) is 0 Å². The lowest BCUT2D eigenvalue weighted by Gasteiger charge is -2.30. The fourth-order valence-electron chi connectivity index (χ4n) is 0.665. The quantitative estimate of drug-likeness (QED) is 0.433. The highest BCUT2D eigenvalue weighted by atomic mass is 15.6. The van der Waals surface area contributed by atoms with Gasteiger partial charge in [-0.3, -0.25) is 0 Å². The minimum atomic E-state index is 0.426. The van der Waals surface area contributed by atoms with E-state index in [1.165, 1.54) is 5.57 Å². The first-order valence-corrected chi connectivity index (χ1v) is 3.52. The molecule has 0 aromatic heterocycles. The summed E-state index contributed by atoms with van der Waals surface area (Å²) < 4.78 is 0. The number of rotatable bonds is 3. The highest BCUT2D eigenvalue weighted by Gasteiger charge is 2.09. The second-order valence-corrected chi connectivity index (χ2v) is 2.94. The lowest BCUT2D eigenvalue weighted by molar-refractivity contribution is 0.0310. The predicted octanol–water partition coefficient (Wildman–Crippen LogP) is 1.36. The monoisotopic (exact) mass is 142 g/mol. The summed E-state index contributed by atoms with van der Waals surface area (Å²) in [5, 5.41) is 4.20. The zero-order valence-corrected chi connectivity index (χ0v) is 7.68. The molecule has 2 heteroatoms. The Morgan fingerprint density at radius 2 is 1.70 bits per heavy atom. The summed E-state index contributed by atoms with van der Waals surface area (Å²) in [4.78, 5) is 0. The number of hydrogen-bond acceptors (Lipinski definition) is 2. The van der Waals surface area contributed by atoms with Crippen molar-refractivity contribution in [2.24, 2.45) is 0 Å². The molecular weight excluding hydrogens is 124 g/mol. The first kappa shape index (κ1) is 9.66. The highest BCUT2D eigenvalue weighted by Crippen LogP contribution is 2.05. The van der Waals surface area contributed by atoms with Crippen molar-refractivity contribution in [2.45, 2.75) is 19.9 Å². The second-order valence-electron chi connectivity index (χ2n) is 2.94. The molecule has 0 radical (unpaired) electrons. The third kappa shape index (κ3) is 2.50. The molecule has 0 aromatic rings. The molecule has 0 aliphatic heterocycles. The van der Waals surface area contributed by atoms with Gasteiger partial charge in [-0.2, -0.15) is 0 Å². The average Bonchev–Trinajstić information content (AvgIpc) is 1.84. The Morgan fingerprint density at radius 3 is 1.80 bits per heavy atom. The van der Waals surface area contributed by atoms with Crippen molar-refractivity contribution in [1.29, 1.82) is 0 Å². The Bertz CT molecular complexity index is 118. The van der Waals surface area contributed by atoms with Crippen molar-refractivity contribution < 1.29 is 0 Å². The van der Waals surface area contributed by atoms with Crippen LogP contribution in [0.4, 0.5) is 0 Å². The molecule has 0 aromatic carbocycles. The third-order valence-corrected chi connectivity index (χ3v) is 1.90. The second kappa shape index (κ2) is 3.74. The van der Waals surface area contributed by atoms with Gasteiger partial charge in [0, 0.05) is 27.2 Å². The van der Waals surface area contributed by atoms with Gasteiger partial charge in [-0.1, -0.05) is 12.2 Å². The van der Waals surface area contributed by atoms with E-state index in [4.69, 9.17) is 0 Å². The van der Waals surface area contributed by atoms with Gasteiger partial charge in [0.1, 0.15) is 0 Å². The average molecular weight is 142 g/mol. The molecule has 0 aliphatic rings. The molecule has 0 aliphatic carbocycles. The van der Waals surface area contributed by atoms with Crippen LogP contribution in [-0.4, -0.2) is 37.2 Å². The maximum atomic E-state index is 3.89. The van der Waals surface area contributed by atoms with Gasteiger partial charge in [-0.05, 0) is 13.8 Å². The minimum Gasteiger partial charge on any atom is -0.248 e. The summed E-state index contributed by atoms with van der Waals surface area (Å²) in [7, 11) is 6.11. The normalized spacial score (nSPS) is 14.3. The number of hydrogen-bond donors (Lipinski definition) is 0. The Balaban J connectivity index is 3.94. The standard InChI is InChI=1S/C8H18N2/c1-7(2)8(3)10(6)9(4)5/h8H,1H2,2-6H3. The molecule has 60 valence electrons. The largest absolute Gasteiger partial charge is 0.248 e. The molecule has 1 atom stereocenters. The molecule has 0 fully saturated rings. The molecule has 0 heterocycles. The Labute approximate surface area is 64.1 Å². The van der Waals surface area contributed by atoms with Gasteiger partial charge < -0.3 is 0 Å². The summed E-state index contributed by atoms with van der Waals surface area (Å²) in [6, 6.07) is 0.426. The van der Waals surface area contributed by atoms with Crippen molar-refractivity contribution in [3.8, 4) is 0 Å². The van der Waals surface area contributed by atoms with E-state index in [0.29, 0.717) is 6.04 Å². The van der Waals surface area contributed by atoms with Crippen LogP contribution in [0, 0.1) is 0 Å². The van der Waals surface area contributed by atoms with Crippen molar-refractivity contribution in [1.82, 2.24) is 10.0 Å². The highest BCUT2D eigenvalue weighted by molar-refractivity contribution is 4.98.